The molecule has 7 heteroatoms. The van der Waals surface area contributed by atoms with Gasteiger partial charge in [-0.1, -0.05) is 16.8 Å². The van der Waals surface area contributed by atoms with Crippen LogP contribution in [0.2, 0.25) is 5.02 Å². The number of aromatic nitrogens is 1. The van der Waals surface area contributed by atoms with Crippen LogP contribution in [0.15, 0.2) is 35.0 Å². The third-order valence-electron chi connectivity index (χ3n) is 2.01. The number of nitrogens with zero attached hydrogens (tertiary/aromatic N) is 1. The van der Waals surface area contributed by atoms with Gasteiger partial charge in [-0.2, -0.15) is 0 Å². The number of esters is 1. The molecule has 0 fully saturated rings. The first-order valence-electron chi connectivity index (χ1n) is 4.73. The van der Waals surface area contributed by atoms with Gasteiger partial charge in [-0.15, -0.1) is 0 Å². The van der Waals surface area contributed by atoms with E-state index in [-0.39, 0.29) is 11.3 Å². The van der Waals surface area contributed by atoms with Crippen molar-refractivity contribution in [3.05, 3.63) is 46.8 Å². The normalized spacial score (nSPS) is 10.1. The molecule has 0 atom stereocenters. The van der Waals surface area contributed by atoms with Gasteiger partial charge in [0.15, 0.2) is 0 Å². The lowest BCUT2D eigenvalue weighted by molar-refractivity contribution is 0.0644. The van der Waals surface area contributed by atoms with Crippen LogP contribution in [0, 0.1) is 0 Å². The molecule has 0 unspecified atom stereocenters. The fourth-order valence-electron chi connectivity index (χ4n) is 1.20. The molecule has 0 radical (unpaired) electrons. The number of ether oxygens (including phenoxy) is 1. The van der Waals surface area contributed by atoms with Crippen molar-refractivity contribution in [2.75, 3.05) is 0 Å². The molecule has 1 N–H and O–H groups in total. The van der Waals surface area contributed by atoms with Crippen molar-refractivity contribution >= 4 is 23.5 Å². The summed E-state index contributed by atoms with van der Waals surface area (Å²) in [6.45, 7) is 0. The van der Waals surface area contributed by atoms with E-state index in [9.17, 15) is 9.59 Å². The summed E-state index contributed by atoms with van der Waals surface area (Å²) >= 11 is 5.67. The molecule has 0 spiro atoms. The van der Waals surface area contributed by atoms with E-state index in [2.05, 4.69) is 9.68 Å². The van der Waals surface area contributed by atoms with Crippen molar-refractivity contribution in [1.82, 2.24) is 5.16 Å². The number of carbonyl (C=O) groups excluding carboxylic acids is 1. The second-order valence-electron chi connectivity index (χ2n) is 3.22. The Balaban J connectivity index is 2.19. The third kappa shape index (κ3) is 2.49. The number of benzene rings is 1. The zero-order chi connectivity index (χ0) is 13.1. The lowest BCUT2D eigenvalue weighted by Gasteiger charge is -2.01. The van der Waals surface area contributed by atoms with Gasteiger partial charge in [-0.25, -0.2) is 9.59 Å². The summed E-state index contributed by atoms with van der Waals surface area (Å²) in [5.41, 5.74) is -0.353. The second-order valence-corrected chi connectivity index (χ2v) is 3.65. The molecule has 0 aliphatic rings. The van der Waals surface area contributed by atoms with Gasteiger partial charge in [0.05, 0.1) is 6.20 Å². The van der Waals surface area contributed by atoms with Crippen LogP contribution in [0.4, 0.5) is 0 Å². The van der Waals surface area contributed by atoms with Gasteiger partial charge in [0.1, 0.15) is 11.3 Å². The maximum Gasteiger partial charge on any atom is 0.383 e. The monoisotopic (exact) mass is 267 g/mol. The Bertz CT molecular complexity index is 590. The zero-order valence-corrected chi connectivity index (χ0v) is 9.55. The second kappa shape index (κ2) is 4.89. The smallest absolute Gasteiger partial charge is 0.383 e. The van der Waals surface area contributed by atoms with Crippen molar-refractivity contribution in [2.45, 2.75) is 0 Å². The largest absolute Gasteiger partial charge is 0.477 e. The SMILES string of the molecule is O=C(O)c1cnoc1C(=O)Oc1ccc(Cl)cc1. The van der Waals surface area contributed by atoms with Gasteiger partial charge < -0.3 is 14.4 Å². The van der Waals surface area contributed by atoms with Crippen LogP contribution in [-0.4, -0.2) is 22.2 Å². The number of rotatable bonds is 3. The van der Waals surface area contributed by atoms with Crippen LogP contribution in [0.3, 0.4) is 0 Å². The summed E-state index contributed by atoms with van der Waals surface area (Å²) < 4.78 is 9.46. The number of hydrogen-bond donors (Lipinski definition) is 1. The van der Waals surface area contributed by atoms with Crippen LogP contribution in [-0.2, 0) is 0 Å². The summed E-state index contributed by atoms with van der Waals surface area (Å²) in [4.78, 5) is 22.4. The lowest BCUT2D eigenvalue weighted by Crippen LogP contribution is -2.12. The Morgan fingerprint density at radius 1 is 1.28 bits per heavy atom. The van der Waals surface area contributed by atoms with E-state index < -0.39 is 17.7 Å². The average Bonchev–Trinajstić information content (AvgIpc) is 2.81. The first kappa shape index (κ1) is 12.1. The highest BCUT2D eigenvalue weighted by molar-refractivity contribution is 6.30. The molecule has 1 heterocycles. The molecule has 0 saturated heterocycles. The maximum absolute atomic E-state index is 11.6. The molecule has 1 aromatic carbocycles. The minimum Gasteiger partial charge on any atom is -0.477 e. The molecule has 0 bridgehead atoms. The van der Waals surface area contributed by atoms with Gasteiger partial charge in [0.25, 0.3) is 5.76 Å². The molecule has 18 heavy (non-hydrogen) atoms. The molecule has 2 aromatic rings. The number of aromatic carboxylic acids is 1. The Morgan fingerprint density at radius 2 is 1.94 bits per heavy atom. The van der Waals surface area contributed by atoms with Crippen molar-refractivity contribution in [2.24, 2.45) is 0 Å². The molecule has 0 amide bonds. The Labute approximate surface area is 106 Å². The van der Waals surface area contributed by atoms with Crippen LogP contribution in [0.1, 0.15) is 20.9 Å². The van der Waals surface area contributed by atoms with Crippen LogP contribution >= 0.6 is 11.6 Å². The van der Waals surface area contributed by atoms with Gasteiger partial charge in [0, 0.05) is 5.02 Å². The van der Waals surface area contributed by atoms with E-state index >= 15 is 0 Å². The van der Waals surface area contributed by atoms with Crippen LogP contribution in [0.5, 0.6) is 5.75 Å². The highest BCUT2D eigenvalue weighted by atomic mass is 35.5. The summed E-state index contributed by atoms with van der Waals surface area (Å²) in [6.07, 6.45) is 0.931. The van der Waals surface area contributed by atoms with Gasteiger partial charge in [0.2, 0.25) is 0 Å². The number of carbonyl (C=O) groups is 2. The van der Waals surface area contributed by atoms with E-state index in [1.54, 1.807) is 0 Å². The summed E-state index contributed by atoms with van der Waals surface area (Å²) in [5.74, 6) is -2.50. The van der Waals surface area contributed by atoms with Crippen molar-refractivity contribution in [1.29, 1.82) is 0 Å². The molecule has 2 rings (SSSR count). The molecule has 0 aliphatic carbocycles. The van der Waals surface area contributed by atoms with Crippen molar-refractivity contribution in [3.63, 3.8) is 0 Å². The van der Waals surface area contributed by atoms with E-state index in [1.807, 2.05) is 0 Å². The number of carboxylic acids is 1. The van der Waals surface area contributed by atoms with Gasteiger partial charge in [-0.05, 0) is 24.3 Å². The summed E-state index contributed by atoms with van der Waals surface area (Å²) in [5, 5.41) is 12.5. The highest BCUT2D eigenvalue weighted by Crippen LogP contribution is 2.18. The Morgan fingerprint density at radius 3 is 2.56 bits per heavy atom. The number of hydrogen-bond acceptors (Lipinski definition) is 5. The minimum absolute atomic E-state index is 0.220. The molecular weight excluding hydrogens is 262 g/mol. The lowest BCUT2D eigenvalue weighted by atomic mass is 10.2. The summed E-state index contributed by atoms with van der Waals surface area (Å²) in [7, 11) is 0. The first-order valence-corrected chi connectivity index (χ1v) is 5.11. The number of halogens is 1. The van der Waals surface area contributed by atoms with E-state index in [1.165, 1.54) is 24.3 Å². The van der Waals surface area contributed by atoms with Crippen LogP contribution < -0.4 is 4.74 Å². The predicted octanol–water partition coefficient (Wildman–Crippen LogP) is 2.25. The Kier molecular flexibility index (Phi) is 3.29. The van der Waals surface area contributed by atoms with Crippen molar-refractivity contribution in [3.8, 4) is 5.75 Å². The number of carboxylic acid groups (broad SMARTS) is 1. The Hall–Kier alpha value is -2.34. The van der Waals surface area contributed by atoms with Crippen LogP contribution in [0.25, 0.3) is 0 Å². The first-order chi connectivity index (χ1) is 8.58. The standard InChI is InChI=1S/C11H6ClNO5/c12-6-1-3-7(4-2-6)17-11(16)9-8(10(14)15)5-13-18-9/h1-5H,(H,14,15). The quantitative estimate of drug-likeness (QED) is 0.677. The summed E-state index contributed by atoms with van der Waals surface area (Å²) in [6, 6.07) is 6.00. The third-order valence-corrected chi connectivity index (χ3v) is 2.26. The minimum atomic E-state index is -1.32. The van der Waals surface area contributed by atoms with Gasteiger partial charge in [-0.3, -0.25) is 0 Å². The molecular formula is C11H6ClNO5. The predicted molar refractivity (Wildman–Crippen MR) is 59.9 cm³/mol. The maximum atomic E-state index is 11.6. The molecule has 1 aromatic heterocycles. The van der Waals surface area contributed by atoms with Crippen molar-refractivity contribution < 1.29 is 24.0 Å². The molecule has 0 aliphatic heterocycles. The highest BCUT2D eigenvalue weighted by Gasteiger charge is 2.23. The zero-order valence-electron chi connectivity index (χ0n) is 8.79. The van der Waals surface area contributed by atoms with Gasteiger partial charge >= 0.3 is 11.9 Å². The average molecular weight is 268 g/mol. The van der Waals surface area contributed by atoms with E-state index in [0.717, 1.165) is 6.20 Å². The molecule has 92 valence electrons. The fraction of sp³-hybridized carbons (Fsp3) is 0. The fourth-order valence-corrected chi connectivity index (χ4v) is 1.32. The topological polar surface area (TPSA) is 89.6 Å². The van der Waals surface area contributed by atoms with E-state index in [4.69, 9.17) is 21.4 Å². The van der Waals surface area contributed by atoms with E-state index in [0.29, 0.717) is 5.02 Å². The molecule has 6 nitrogen and oxygen atoms in total. The molecule has 0 saturated carbocycles.